The fourth-order valence-electron chi connectivity index (χ4n) is 9.99. The van der Waals surface area contributed by atoms with Gasteiger partial charge in [0.1, 0.15) is 35.8 Å². The number of aromatic nitrogens is 5. The highest BCUT2D eigenvalue weighted by molar-refractivity contribution is 5.91. The van der Waals surface area contributed by atoms with Crippen molar-refractivity contribution >= 4 is 34.0 Å². The molecule has 14 nitrogen and oxygen atoms in total. The van der Waals surface area contributed by atoms with Gasteiger partial charge in [-0.3, -0.25) is 9.69 Å². The van der Waals surface area contributed by atoms with Crippen molar-refractivity contribution in [2.24, 2.45) is 17.6 Å². The first-order valence-electron chi connectivity index (χ1n) is 22.8. The van der Waals surface area contributed by atoms with Crippen molar-refractivity contribution in [2.45, 2.75) is 115 Å². The maximum absolute atomic E-state index is 14.9. The van der Waals surface area contributed by atoms with Gasteiger partial charge in [0, 0.05) is 48.5 Å². The van der Waals surface area contributed by atoms with Crippen LogP contribution in [-0.2, 0) is 20.7 Å². The van der Waals surface area contributed by atoms with Crippen molar-refractivity contribution in [3.05, 3.63) is 107 Å². The van der Waals surface area contributed by atoms with Crippen molar-refractivity contribution in [3.63, 3.8) is 0 Å². The molecule has 0 saturated carbocycles. The van der Waals surface area contributed by atoms with E-state index in [9.17, 15) is 19.1 Å². The molecule has 0 bridgehead atoms. The van der Waals surface area contributed by atoms with E-state index < -0.39 is 36.6 Å². The number of aliphatic hydroxyl groups excluding tert-OH is 1. The Morgan fingerprint density at radius 1 is 1.00 bits per heavy atom. The lowest BCUT2D eigenvalue weighted by Crippen LogP contribution is -2.51. The normalized spacial score (nSPS) is 22.7. The number of nitrogens with two attached hydrogens (primary N) is 1. The number of aromatic amines is 2. The Labute approximate surface area is 373 Å². The SMILES string of the molecule is COC(=O)NC(C(=O)N1CCCC1c1ncc(-c2ccc3c(c2)cc2n3C(CCc3ccccc3)OC3=C2CCC(c2cnc(C4CC(F)CN4C(O)C(N)C(C)C)[nH]2)=C3)[nH]1)C(C)C. The zero-order valence-corrected chi connectivity index (χ0v) is 37.3. The van der Waals surface area contributed by atoms with Crippen molar-refractivity contribution < 1.29 is 28.6 Å². The number of carbonyl (C=O) groups is 2. The van der Waals surface area contributed by atoms with E-state index in [1.165, 1.54) is 12.7 Å². The second-order valence-electron chi connectivity index (χ2n) is 18.5. The molecule has 6 N–H and O–H groups in total. The number of aryl methyl sites for hydroxylation is 1. The molecular weight excluding hydrogens is 814 g/mol. The van der Waals surface area contributed by atoms with Gasteiger partial charge in [0.05, 0.1) is 54.2 Å². The van der Waals surface area contributed by atoms with Crippen molar-refractivity contribution in [1.29, 1.82) is 0 Å². The molecule has 2 fully saturated rings. The van der Waals surface area contributed by atoms with Gasteiger partial charge in [-0.2, -0.15) is 0 Å². The van der Waals surface area contributed by atoms with Crippen LogP contribution < -0.4 is 11.1 Å². The average Bonchev–Trinajstić information content (AvgIpc) is 4.16. The second-order valence-corrected chi connectivity index (χ2v) is 18.5. The average molecular weight is 874 g/mol. The number of amides is 2. The Balaban J connectivity index is 1.00. The number of ether oxygens (including phenoxy) is 2. The van der Waals surface area contributed by atoms with Crippen LogP contribution in [0.5, 0.6) is 0 Å². The number of nitrogens with one attached hydrogen (secondary N) is 3. The minimum Gasteiger partial charge on any atom is -0.470 e. The summed E-state index contributed by atoms with van der Waals surface area (Å²) in [5.41, 5.74) is 14.7. The molecule has 4 aliphatic rings. The number of H-pyrrole nitrogens is 2. The molecule has 7 unspecified atom stereocenters. The molecule has 338 valence electrons. The van der Waals surface area contributed by atoms with E-state index in [4.69, 9.17) is 25.2 Å². The van der Waals surface area contributed by atoms with E-state index in [-0.39, 0.29) is 43.0 Å². The Hall–Kier alpha value is -5.77. The monoisotopic (exact) mass is 873 g/mol. The number of halogens is 1. The first-order valence-corrected chi connectivity index (χ1v) is 22.8. The van der Waals surface area contributed by atoms with Gasteiger partial charge < -0.3 is 45.1 Å². The summed E-state index contributed by atoms with van der Waals surface area (Å²) in [5.74, 6) is 1.95. The quantitative estimate of drug-likeness (QED) is 0.0786. The largest absolute Gasteiger partial charge is 0.470 e. The van der Waals surface area contributed by atoms with Crippen LogP contribution in [0.15, 0.2) is 78.8 Å². The van der Waals surface area contributed by atoms with Gasteiger partial charge in [-0.1, -0.05) is 64.1 Å². The van der Waals surface area contributed by atoms with E-state index >= 15 is 0 Å². The fraction of sp³-hybridized carbons (Fsp3) is 0.469. The van der Waals surface area contributed by atoms with Crippen LogP contribution in [0.1, 0.15) is 113 Å². The molecule has 2 aromatic carbocycles. The van der Waals surface area contributed by atoms with E-state index in [1.54, 1.807) is 4.90 Å². The smallest absolute Gasteiger partial charge is 0.407 e. The zero-order valence-electron chi connectivity index (χ0n) is 37.3. The molecule has 1 aliphatic carbocycles. The first kappa shape index (κ1) is 43.5. The summed E-state index contributed by atoms with van der Waals surface area (Å²) in [4.78, 5) is 46.0. The van der Waals surface area contributed by atoms with Gasteiger partial charge in [-0.25, -0.2) is 19.2 Å². The standard InChI is InChI=1S/C49H60FN9O5/c1-27(2)43(51)47(60)58-26-33(50)23-40(58)46-53-25-36(55-46)31-14-16-34-39-21-32-20-30(15-17-37(32)59(39)42(64-41(34)22-31)18-13-29-10-7-6-8-11-29)35-24-52-45(54-35)38-12-9-19-57(38)48(61)44(28(3)4)56-49(62)63-5/h6-8,10-11,15,17,20-22,24-25,27-28,33,38,40,42-44,47,60H,9,12-14,16,18-19,23,26,51H2,1-5H3,(H,52,54)(H,53,55)(H,56,62). The summed E-state index contributed by atoms with van der Waals surface area (Å²) in [6, 6.07) is 17.3. The van der Waals surface area contributed by atoms with Gasteiger partial charge in [-0.15, -0.1) is 0 Å². The summed E-state index contributed by atoms with van der Waals surface area (Å²) < 4.78 is 29.0. The van der Waals surface area contributed by atoms with Gasteiger partial charge in [-0.05, 0) is 79.4 Å². The third-order valence-corrected chi connectivity index (χ3v) is 13.6. The predicted molar refractivity (Wildman–Crippen MR) is 243 cm³/mol. The van der Waals surface area contributed by atoms with Crippen LogP contribution in [0, 0.1) is 11.8 Å². The summed E-state index contributed by atoms with van der Waals surface area (Å²) in [6.07, 6.45) is 7.75. The lowest BCUT2D eigenvalue weighted by Gasteiger charge is -2.33. The number of rotatable bonds is 13. The van der Waals surface area contributed by atoms with E-state index in [0.29, 0.717) is 12.4 Å². The van der Waals surface area contributed by atoms with Crippen molar-refractivity contribution in [2.75, 3.05) is 20.2 Å². The Kier molecular flexibility index (Phi) is 12.2. The number of methoxy groups -OCH3 is 1. The van der Waals surface area contributed by atoms with Crippen molar-refractivity contribution in [1.82, 2.24) is 39.6 Å². The maximum Gasteiger partial charge on any atom is 0.407 e. The van der Waals surface area contributed by atoms with E-state index in [2.05, 4.69) is 74.5 Å². The van der Waals surface area contributed by atoms with Gasteiger partial charge in [0.15, 0.2) is 6.23 Å². The fourth-order valence-corrected chi connectivity index (χ4v) is 9.99. The number of alkyl carbamates (subject to hydrolysis) is 1. The highest BCUT2D eigenvalue weighted by atomic mass is 19.1. The number of carbonyl (C=O) groups excluding carboxylic acids is 2. The number of imidazole rings is 2. The zero-order chi connectivity index (χ0) is 44.8. The van der Waals surface area contributed by atoms with Gasteiger partial charge >= 0.3 is 6.09 Å². The Morgan fingerprint density at radius 2 is 1.75 bits per heavy atom. The molecule has 2 amide bonds. The molecule has 3 aromatic heterocycles. The minimum atomic E-state index is -1.08. The van der Waals surface area contributed by atoms with Crippen molar-refractivity contribution in [3.8, 4) is 11.3 Å². The van der Waals surface area contributed by atoms with Gasteiger partial charge in [0.2, 0.25) is 5.91 Å². The molecule has 2 saturated heterocycles. The number of likely N-dealkylation sites (tertiary alicyclic amines) is 2. The number of fused-ring (bicyclic) bond motifs is 4. The number of benzene rings is 2. The molecule has 0 radical (unpaired) electrons. The van der Waals surface area contributed by atoms with Crippen LogP contribution in [0.4, 0.5) is 9.18 Å². The number of allylic oxidation sites excluding steroid dienone is 3. The molecule has 5 aromatic rings. The second kappa shape index (κ2) is 18.0. The number of aliphatic hydroxyl groups is 1. The molecular formula is C49H60FN9O5. The number of nitrogens with zero attached hydrogens (tertiary/aromatic N) is 5. The molecule has 64 heavy (non-hydrogen) atoms. The number of hydrogen-bond acceptors (Lipinski definition) is 9. The number of hydrogen-bond donors (Lipinski definition) is 5. The number of alkyl halides is 1. The third-order valence-electron chi connectivity index (χ3n) is 13.6. The highest BCUT2D eigenvalue weighted by Crippen LogP contribution is 2.46. The molecule has 6 heterocycles. The van der Waals surface area contributed by atoms with Crippen LogP contribution in [0.25, 0.3) is 33.3 Å². The maximum atomic E-state index is 14.9. The van der Waals surface area contributed by atoms with Crippen LogP contribution >= 0.6 is 0 Å². The molecule has 7 atom stereocenters. The summed E-state index contributed by atoms with van der Waals surface area (Å²) in [7, 11) is 1.30. The summed E-state index contributed by atoms with van der Waals surface area (Å²) in [6.45, 7) is 8.42. The predicted octanol–water partition coefficient (Wildman–Crippen LogP) is 7.94. The minimum absolute atomic E-state index is 0.0326. The molecule has 15 heteroatoms. The highest BCUT2D eigenvalue weighted by Gasteiger charge is 2.42. The van der Waals surface area contributed by atoms with Crippen LogP contribution in [0.2, 0.25) is 0 Å². The first-order chi connectivity index (χ1) is 30.9. The molecule has 3 aliphatic heterocycles. The lowest BCUT2D eigenvalue weighted by atomic mass is 9.92. The van der Waals surface area contributed by atoms with E-state index in [0.717, 1.165) is 94.8 Å². The lowest BCUT2D eigenvalue weighted by molar-refractivity contribution is -0.135. The topological polar surface area (TPSA) is 180 Å². The van der Waals surface area contributed by atoms with Crippen LogP contribution in [0.3, 0.4) is 0 Å². The Bertz CT molecular complexity index is 2560. The summed E-state index contributed by atoms with van der Waals surface area (Å²) in [5, 5.41) is 14.9. The molecule has 0 spiro atoms. The van der Waals surface area contributed by atoms with Crippen LogP contribution in [-0.4, -0.2) is 96.1 Å². The van der Waals surface area contributed by atoms with E-state index in [1.807, 2.05) is 51.1 Å². The third kappa shape index (κ3) is 8.36. The summed E-state index contributed by atoms with van der Waals surface area (Å²) >= 11 is 0. The Morgan fingerprint density at radius 3 is 2.50 bits per heavy atom. The van der Waals surface area contributed by atoms with Gasteiger partial charge in [0.25, 0.3) is 0 Å². The molecule has 9 rings (SSSR count).